The normalized spacial score (nSPS) is 38.2. The maximum Gasteiger partial charge on any atom is 0.309 e. The van der Waals surface area contributed by atoms with E-state index in [1.807, 2.05) is 0 Å². The van der Waals surface area contributed by atoms with Crippen LogP contribution in [0.4, 0.5) is 0 Å². The van der Waals surface area contributed by atoms with Gasteiger partial charge in [0.05, 0.1) is 17.4 Å². The summed E-state index contributed by atoms with van der Waals surface area (Å²) in [4.78, 5) is 12.7. The van der Waals surface area contributed by atoms with Crippen molar-refractivity contribution in [1.82, 2.24) is 0 Å². The van der Waals surface area contributed by atoms with E-state index in [4.69, 9.17) is 4.74 Å². The second-order valence-electron chi connectivity index (χ2n) is 10.4. The summed E-state index contributed by atoms with van der Waals surface area (Å²) in [5, 5.41) is 9.52. The lowest BCUT2D eigenvalue weighted by Crippen LogP contribution is -2.33. The van der Waals surface area contributed by atoms with Gasteiger partial charge in [0.25, 0.3) is 0 Å². The van der Waals surface area contributed by atoms with Crippen LogP contribution in [0.2, 0.25) is 0 Å². The molecule has 0 aromatic rings. The standard InChI is InChI=1S/C26H43NO2/c1-3-5-6-20-7-9-23(10-8-20)25(28)29-24-13-11-21(12-14-24)22-15-17-26(4-2,19-27)18-16-22/h20-24H,3-18H2,1-2H3/t20-,21?,22?,23-,24?,26?. The molecular weight excluding hydrogens is 358 g/mol. The SMILES string of the molecule is CCCC[C@H]1CC[C@H](C(=O)OC2CCC(C3CCC(C#N)(CC)CC3)CC2)CC1. The lowest BCUT2D eigenvalue weighted by atomic mass is 9.65. The van der Waals surface area contributed by atoms with Gasteiger partial charge in [-0.2, -0.15) is 5.26 Å². The van der Waals surface area contributed by atoms with Crippen molar-refractivity contribution in [1.29, 1.82) is 5.26 Å². The molecule has 0 N–H and O–H groups in total. The smallest absolute Gasteiger partial charge is 0.309 e. The fourth-order valence-electron chi connectivity index (χ4n) is 6.33. The minimum atomic E-state index is -0.0429. The first-order valence-corrected chi connectivity index (χ1v) is 12.7. The van der Waals surface area contributed by atoms with Gasteiger partial charge in [-0.05, 0) is 101 Å². The Labute approximate surface area is 179 Å². The molecule has 0 radical (unpaired) electrons. The van der Waals surface area contributed by atoms with Crippen LogP contribution < -0.4 is 0 Å². The van der Waals surface area contributed by atoms with Gasteiger partial charge in [0.1, 0.15) is 6.10 Å². The van der Waals surface area contributed by atoms with E-state index >= 15 is 0 Å². The summed E-state index contributed by atoms with van der Waals surface area (Å²) < 4.78 is 5.97. The third kappa shape index (κ3) is 5.99. The minimum absolute atomic E-state index is 0.0429. The summed E-state index contributed by atoms with van der Waals surface area (Å²) in [6, 6.07) is 2.61. The van der Waals surface area contributed by atoms with Crippen molar-refractivity contribution in [3.63, 3.8) is 0 Å². The monoisotopic (exact) mass is 401 g/mol. The Morgan fingerprint density at radius 1 is 0.931 bits per heavy atom. The molecule has 0 spiro atoms. The molecule has 3 aliphatic carbocycles. The number of hydrogen-bond acceptors (Lipinski definition) is 3. The highest BCUT2D eigenvalue weighted by atomic mass is 16.5. The van der Waals surface area contributed by atoms with Crippen LogP contribution in [-0.2, 0) is 9.53 Å². The Hall–Kier alpha value is -1.04. The number of ether oxygens (including phenoxy) is 1. The average molecular weight is 402 g/mol. The number of rotatable bonds is 7. The van der Waals surface area contributed by atoms with Gasteiger partial charge in [0.2, 0.25) is 0 Å². The molecule has 3 aliphatic rings. The molecule has 3 saturated carbocycles. The summed E-state index contributed by atoms with van der Waals surface area (Å²) in [6.45, 7) is 4.43. The molecule has 3 fully saturated rings. The highest BCUT2D eigenvalue weighted by Crippen LogP contribution is 2.46. The van der Waals surface area contributed by atoms with E-state index in [9.17, 15) is 10.1 Å². The molecule has 0 aromatic heterocycles. The summed E-state index contributed by atoms with van der Waals surface area (Å²) in [5.74, 6) is 2.68. The first-order valence-electron chi connectivity index (χ1n) is 12.7. The van der Waals surface area contributed by atoms with Crippen molar-refractivity contribution < 1.29 is 9.53 Å². The highest BCUT2D eigenvalue weighted by molar-refractivity contribution is 5.72. The third-order valence-electron chi connectivity index (χ3n) is 8.72. The van der Waals surface area contributed by atoms with Crippen molar-refractivity contribution in [2.75, 3.05) is 0 Å². The summed E-state index contributed by atoms with van der Waals surface area (Å²) in [5.41, 5.74) is -0.0429. The lowest BCUT2D eigenvalue weighted by Gasteiger charge is -2.40. The number of carbonyl (C=O) groups is 1. The minimum Gasteiger partial charge on any atom is -0.462 e. The lowest BCUT2D eigenvalue weighted by molar-refractivity contribution is -0.157. The molecule has 3 rings (SSSR count). The van der Waals surface area contributed by atoms with Crippen LogP contribution in [0.3, 0.4) is 0 Å². The number of carbonyl (C=O) groups excluding carboxylic acids is 1. The van der Waals surface area contributed by atoms with Gasteiger partial charge in [0.15, 0.2) is 0 Å². The van der Waals surface area contributed by atoms with Crippen LogP contribution in [0.5, 0.6) is 0 Å². The van der Waals surface area contributed by atoms with Gasteiger partial charge >= 0.3 is 5.97 Å². The first-order chi connectivity index (χ1) is 14.1. The quantitative estimate of drug-likeness (QED) is 0.424. The van der Waals surface area contributed by atoms with Crippen LogP contribution in [0.1, 0.15) is 117 Å². The Bertz CT molecular complexity index is 542. The van der Waals surface area contributed by atoms with E-state index < -0.39 is 0 Å². The van der Waals surface area contributed by atoms with Gasteiger partial charge in [-0.25, -0.2) is 0 Å². The molecule has 0 aromatic carbocycles. The number of nitrogens with zero attached hydrogens (tertiary/aromatic N) is 1. The first kappa shape index (κ1) is 22.6. The van der Waals surface area contributed by atoms with Crippen molar-refractivity contribution in [2.45, 2.75) is 123 Å². The van der Waals surface area contributed by atoms with E-state index in [1.54, 1.807) is 0 Å². The maximum atomic E-state index is 12.7. The zero-order valence-corrected chi connectivity index (χ0v) is 19.0. The summed E-state index contributed by atoms with van der Waals surface area (Å²) >= 11 is 0. The third-order valence-corrected chi connectivity index (χ3v) is 8.72. The van der Waals surface area contributed by atoms with Gasteiger partial charge in [-0.15, -0.1) is 0 Å². The molecule has 0 saturated heterocycles. The van der Waals surface area contributed by atoms with Gasteiger partial charge in [0, 0.05) is 0 Å². The van der Waals surface area contributed by atoms with Crippen LogP contribution in [0.25, 0.3) is 0 Å². The molecular formula is C26H43NO2. The molecule has 0 atom stereocenters. The fourth-order valence-corrected chi connectivity index (χ4v) is 6.33. The zero-order valence-electron chi connectivity index (χ0n) is 19.0. The van der Waals surface area contributed by atoms with Crippen molar-refractivity contribution in [2.24, 2.45) is 29.1 Å². The Morgan fingerprint density at radius 3 is 2.10 bits per heavy atom. The van der Waals surface area contributed by atoms with Crippen LogP contribution in [-0.4, -0.2) is 12.1 Å². The fraction of sp³-hybridized carbons (Fsp3) is 0.923. The summed E-state index contributed by atoms with van der Waals surface area (Å²) in [7, 11) is 0. The molecule has 0 bridgehead atoms. The largest absolute Gasteiger partial charge is 0.462 e. The van der Waals surface area contributed by atoms with E-state index in [0.717, 1.165) is 62.7 Å². The zero-order chi connectivity index (χ0) is 20.7. The van der Waals surface area contributed by atoms with Gasteiger partial charge in [-0.1, -0.05) is 33.1 Å². The number of unbranched alkanes of at least 4 members (excludes halogenated alkanes) is 1. The summed E-state index contributed by atoms with van der Waals surface area (Å²) in [6.07, 6.45) is 18.8. The van der Waals surface area contributed by atoms with Crippen molar-refractivity contribution >= 4 is 5.97 Å². The van der Waals surface area contributed by atoms with Crippen molar-refractivity contribution in [3.8, 4) is 6.07 Å². The molecule has 29 heavy (non-hydrogen) atoms. The number of hydrogen-bond donors (Lipinski definition) is 0. The van der Waals surface area contributed by atoms with E-state index in [1.165, 1.54) is 57.8 Å². The second-order valence-corrected chi connectivity index (χ2v) is 10.4. The van der Waals surface area contributed by atoms with Crippen LogP contribution in [0.15, 0.2) is 0 Å². The second kappa shape index (κ2) is 10.8. The molecule has 0 amide bonds. The van der Waals surface area contributed by atoms with Gasteiger partial charge in [-0.3, -0.25) is 4.79 Å². The van der Waals surface area contributed by atoms with Crippen molar-refractivity contribution in [3.05, 3.63) is 0 Å². The Morgan fingerprint density at radius 2 is 1.55 bits per heavy atom. The highest BCUT2D eigenvalue weighted by Gasteiger charge is 2.38. The van der Waals surface area contributed by atoms with E-state index in [0.29, 0.717) is 0 Å². The Balaban J connectivity index is 1.35. The molecule has 0 heterocycles. The van der Waals surface area contributed by atoms with Crippen LogP contribution in [0, 0.1) is 40.4 Å². The molecule has 0 unspecified atom stereocenters. The predicted molar refractivity (Wildman–Crippen MR) is 117 cm³/mol. The molecule has 3 heteroatoms. The average Bonchev–Trinajstić information content (AvgIpc) is 2.78. The molecule has 3 nitrogen and oxygen atoms in total. The van der Waals surface area contributed by atoms with Gasteiger partial charge < -0.3 is 4.74 Å². The van der Waals surface area contributed by atoms with E-state index in [2.05, 4.69) is 19.9 Å². The molecule has 0 aliphatic heterocycles. The van der Waals surface area contributed by atoms with Crippen LogP contribution >= 0.6 is 0 Å². The number of esters is 1. The van der Waals surface area contributed by atoms with E-state index in [-0.39, 0.29) is 23.4 Å². The topological polar surface area (TPSA) is 50.1 Å². The Kier molecular flexibility index (Phi) is 8.45. The number of nitriles is 1. The maximum absolute atomic E-state index is 12.7. The molecule has 164 valence electrons. The predicted octanol–water partition coefficient (Wildman–Crippen LogP) is 7.20.